The fraction of sp³-hybridized carbons (Fsp3) is 0.292. The molecule has 0 unspecified atom stereocenters. The number of para-hydroxylation sites is 2. The molecule has 0 fully saturated rings. The van der Waals surface area contributed by atoms with Crippen molar-refractivity contribution in [2.24, 2.45) is 0 Å². The molecule has 1 N–H and O–H groups in total. The molecule has 4 rings (SSSR count). The lowest BCUT2D eigenvalue weighted by Gasteiger charge is -2.29. The van der Waals surface area contributed by atoms with Gasteiger partial charge in [0.2, 0.25) is 5.95 Å². The second kappa shape index (κ2) is 7.66. The minimum atomic E-state index is -0.0567. The summed E-state index contributed by atoms with van der Waals surface area (Å²) in [5.41, 5.74) is 4.87. The van der Waals surface area contributed by atoms with E-state index in [1.54, 1.807) is 12.4 Å². The van der Waals surface area contributed by atoms with E-state index in [1.807, 2.05) is 41.3 Å². The SMILES string of the molecule is CC(C)(C)c1ccccc1Nc1ncc(C(=O)N2CCCc3ccccc32)cn1. The molecule has 0 bridgehead atoms. The van der Waals surface area contributed by atoms with Crippen molar-refractivity contribution in [3.8, 4) is 0 Å². The van der Waals surface area contributed by atoms with E-state index < -0.39 is 0 Å². The van der Waals surface area contributed by atoms with E-state index in [1.165, 1.54) is 11.1 Å². The molecule has 0 spiro atoms. The summed E-state index contributed by atoms with van der Waals surface area (Å²) in [5, 5.41) is 3.29. The molecule has 2 aromatic carbocycles. The molecule has 1 aliphatic heterocycles. The van der Waals surface area contributed by atoms with Crippen molar-refractivity contribution in [3.05, 3.63) is 77.6 Å². The van der Waals surface area contributed by atoms with Gasteiger partial charge >= 0.3 is 0 Å². The number of fused-ring (bicyclic) bond motifs is 1. The molecule has 1 aliphatic rings. The molecular weight excluding hydrogens is 360 g/mol. The Hall–Kier alpha value is -3.21. The van der Waals surface area contributed by atoms with Crippen LogP contribution in [0.2, 0.25) is 0 Å². The van der Waals surface area contributed by atoms with Crippen molar-refractivity contribution in [2.45, 2.75) is 39.0 Å². The maximum Gasteiger partial charge on any atom is 0.261 e. The van der Waals surface area contributed by atoms with Gasteiger partial charge in [0.15, 0.2) is 0 Å². The predicted molar refractivity (Wildman–Crippen MR) is 117 cm³/mol. The van der Waals surface area contributed by atoms with E-state index in [-0.39, 0.29) is 11.3 Å². The van der Waals surface area contributed by atoms with Crippen molar-refractivity contribution >= 4 is 23.2 Å². The fourth-order valence-corrected chi connectivity index (χ4v) is 3.77. The maximum atomic E-state index is 13.0. The predicted octanol–water partition coefficient (Wildman–Crippen LogP) is 5.11. The lowest BCUT2D eigenvalue weighted by molar-refractivity contribution is 0.0984. The topological polar surface area (TPSA) is 58.1 Å². The first-order chi connectivity index (χ1) is 13.9. The Labute approximate surface area is 171 Å². The summed E-state index contributed by atoms with van der Waals surface area (Å²) in [5.74, 6) is 0.427. The number of hydrogen-bond acceptors (Lipinski definition) is 4. The van der Waals surface area contributed by atoms with Crippen molar-refractivity contribution in [1.82, 2.24) is 9.97 Å². The van der Waals surface area contributed by atoms with Gasteiger partial charge in [0.25, 0.3) is 5.91 Å². The van der Waals surface area contributed by atoms with Gasteiger partial charge in [0.1, 0.15) is 0 Å². The molecule has 5 heteroatoms. The third kappa shape index (κ3) is 3.99. The quantitative estimate of drug-likeness (QED) is 0.679. The second-order valence-corrected chi connectivity index (χ2v) is 8.40. The lowest BCUT2D eigenvalue weighted by atomic mass is 9.86. The molecule has 148 valence electrons. The zero-order valence-electron chi connectivity index (χ0n) is 17.1. The van der Waals surface area contributed by atoms with Gasteiger partial charge in [0.05, 0.1) is 5.56 Å². The van der Waals surface area contributed by atoms with Crippen molar-refractivity contribution in [1.29, 1.82) is 0 Å². The smallest absolute Gasteiger partial charge is 0.261 e. The number of amides is 1. The van der Waals surface area contributed by atoms with Gasteiger partial charge in [-0.1, -0.05) is 57.2 Å². The number of nitrogens with zero attached hydrogens (tertiary/aromatic N) is 3. The van der Waals surface area contributed by atoms with Crippen molar-refractivity contribution < 1.29 is 4.79 Å². The van der Waals surface area contributed by atoms with Crippen molar-refractivity contribution in [3.63, 3.8) is 0 Å². The number of carbonyl (C=O) groups excluding carboxylic acids is 1. The molecule has 1 aromatic heterocycles. The highest BCUT2D eigenvalue weighted by Gasteiger charge is 2.24. The Kier molecular flexibility index (Phi) is 5.05. The zero-order valence-corrected chi connectivity index (χ0v) is 17.1. The summed E-state index contributed by atoms with van der Waals surface area (Å²) in [6, 6.07) is 16.2. The number of nitrogens with one attached hydrogen (secondary N) is 1. The Morgan fingerprint density at radius 3 is 2.45 bits per heavy atom. The van der Waals surface area contributed by atoms with Crippen LogP contribution in [0.25, 0.3) is 0 Å². The van der Waals surface area contributed by atoms with Crippen LogP contribution in [0.5, 0.6) is 0 Å². The average Bonchev–Trinajstić information content (AvgIpc) is 2.73. The fourth-order valence-electron chi connectivity index (χ4n) is 3.77. The summed E-state index contributed by atoms with van der Waals surface area (Å²) >= 11 is 0. The molecule has 1 amide bonds. The second-order valence-electron chi connectivity index (χ2n) is 8.40. The van der Waals surface area contributed by atoms with Crippen LogP contribution in [0.1, 0.15) is 48.7 Å². The van der Waals surface area contributed by atoms with E-state index >= 15 is 0 Å². The molecule has 2 heterocycles. The molecule has 0 atom stereocenters. The summed E-state index contributed by atoms with van der Waals surface area (Å²) in [6.07, 6.45) is 5.18. The molecular formula is C24H26N4O. The van der Waals surface area contributed by atoms with Gasteiger partial charge in [-0.15, -0.1) is 0 Å². The summed E-state index contributed by atoms with van der Waals surface area (Å²) < 4.78 is 0. The highest BCUT2D eigenvalue weighted by molar-refractivity contribution is 6.06. The Balaban J connectivity index is 1.55. The normalized spacial score (nSPS) is 13.7. The van der Waals surface area contributed by atoms with Gasteiger partial charge in [-0.2, -0.15) is 0 Å². The molecule has 0 saturated heterocycles. The third-order valence-corrected chi connectivity index (χ3v) is 5.24. The van der Waals surface area contributed by atoms with Crippen LogP contribution in [0.15, 0.2) is 60.9 Å². The van der Waals surface area contributed by atoms with Gasteiger partial charge in [-0.3, -0.25) is 4.79 Å². The Morgan fingerprint density at radius 2 is 1.69 bits per heavy atom. The van der Waals surface area contributed by atoms with E-state index in [2.05, 4.69) is 48.2 Å². The number of rotatable bonds is 3. The van der Waals surface area contributed by atoms with Gasteiger partial charge in [-0.05, 0) is 41.5 Å². The largest absolute Gasteiger partial charge is 0.324 e. The van der Waals surface area contributed by atoms with Crippen LogP contribution < -0.4 is 10.2 Å². The molecule has 0 saturated carbocycles. The summed E-state index contributed by atoms with van der Waals surface area (Å²) in [7, 11) is 0. The Morgan fingerprint density at radius 1 is 1.00 bits per heavy atom. The molecule has 0 radical (unpaired) electrons. The number of carbonyl (C=O) groups is 1. The van der Waals surface area contributed by atoms with Gasteiger partial charge < -0.3 is 10.2 Å². The van der Waals surface area contributed by atoms with E-state index in [4.69, 9.17) is 0 Å². The standard InChI is InChI=1S/C24H26N4O/c1-24(2,3)19-11-5-6-12-20(19)27-23-25-15-18(16-26-23)22(29)28-14-8-10-17-9-4-7-13-21(17)28/h4-7,9,11-13,15-16H,8,10,14H2,1-3H3,(H,25,26,27). The van der Waals surface area contributed by atoms with Crippen LogP contribution >= 0.6 is 0 Å². The Bertz CT molecular complexity index is 1020. The minimum absolute atomic E-state index is 0.00114. The maximum absolute atomic E-state index is 13.0. The number of benzene rings is 2. The average molecular weight is 386 g/mol. The molecule has 5 nitrogen and oxygen atoms in total. The van der Waals surface area contributed by atoms with Crippen LogP contribution in [-0.2, 0) is 11.8 Å². The third-order valence-electron chi connectivity index (χ3n) is 5.24. The minimum Gasteiger partial charge on any atom is -0.324 e. The molecule has 0 aliphatic carbocycles. The zero-order chi connectivity index (χ0) is 20.4. The summed E-state index contributed by atoms with van der Waals surface area (Å²) in [4.78, 5) is 23.7. The monoisotopic (exact) mass is 386 g/mol. The van der Waals surface area contributed by atoms with Crippen LogP contribution in [-0.4, -0.2) is 22.4 Å². The van der Waals surface area contributed by atoms with Gasteiger partial charge in [0, 0.05) is 30.3 Å². The summed E-state index contributed by atoms with van der Waals surface area (Å²) in [6.45, 7) is 7.24. The van der Waals surface area contributed by atoms with E-state index in [9.17, 15) is 4.79 Å². The van der Waals surface area contributed by atoms with Crippen LogP contribution in [0, 0.1) is 0 Å². The van der Waals surface area contributed by atoms with Crippen molar-refractivity contribution in [2.75, 3.05) is 16.8 Å². The van der Waals surface area contributed by atoms with Gasteiger partial charge in [-0.25, -0.2) is 9.97 Å². The van der Waals surface area contributed by atoms with Crippen LogP contribution in [0.3, 0.4) is 0 Å². The number of aromatic nitrogens is 2. The molecule has 3 aromatic rings. The number of anilines is 3. The van der Waals surface area contributed by atoms with Crippen LogP contribution in [0.4, 0.5) is 17.3 Å². The highest BCUT2D eigenvalue weighted by atomic mass is 16.2. The molecule has 29 heavy (non-hydrogen) atoms. The first kappa shape index (κ1) is 19.1. The first-order valence-electron chi connectivity index (χ1n) is 10.0. The number of aryl methyl sites for hydroxylation is 1. The lowest BCUT2D eigenvalue weighted by Crippen LogP contribution is -2.35. The highest BCUT2D eigenvalue weighted by Crippen LogP contribution is 2.31. The first-order valence-corrected chi connectivity index (χ1v) is 10.0. The number of hydrogen-bond donors (Lipinski definition) is 1. The van der Waals surface area contributed by atoms with E-state index in [0.717, 1.165) is 30.8 Å². The van der Waals surface area contributed by atoms with E-state index in [0.29, 0.717) is 11.5 Å².